The highest BCUT2D eigenvalue weighted by Crippen LogP contribution is 2.34. The molecule has 2 N–H and O–H groups in total. The van der Waals surface area contributed by atoms with E-state index in [9.17, 15) is 8.42 Å². The first kappa shape index (κ1) is 19.4. The Hall–Kier alpha value is -1.90. The van der Waals surface area contributed by atoms with Crippen LogP contribution in [-0.2, 0) is 10.0 Å². The third-order valence-electron chi connectivity index (χ3n) is 6.00. The second-order valence-electron chi connectivity index (χ2n) is 7.92. The fourth-order valence-electron chi connectivity index (χ4n) is 4.27. The molecule has 2 aromatic rings. The van der Waals surface area contributed by atoms with Gasteiger partial charge in [0.15, 0.2) is 0 Å². The molecule has 1 aromatic carbocycles. The number of hydrogen-bond acceptors (Lipinski definition) is 5. The summed E-state index contributed by atoms with van der Waals surface area (Å²) in [5.41, 5.74) is 7.58. The number of benzene rings is 1. The highest BCUT2D eigenvalue weighted by molar-refractivity contribution is 7.89. The third kappa shape index (κ3) is 3.68. The molecule has 1 aliphatic heterocycles. The molecular weight excluding hydrogens is 374 g/mol. The molecule has 7 nitrogen and oxygen atoms in total. The molecule has 1 aliphatic carbocycles. The molecule has 8 heteroatoms. The van der Waals surface area contributed by atoms with E-state index in [2.05, 4.69) is 9.88 Å². The molecule has 1 saturated heterocycles. The summed E-state index contributed by atoms with van der Waals surface area (Å²) in [7, 11) is -1.52. The number of nitrogens with zero attached hydrogens (tertiary/aromatic N) is 4. The molecule has 152 valence electrons. The molecular formula is C20H29N5O2S. The quantitative estimate of drug-likeness (QED) is 0.793. The molecule has 4 rings (SSSR count). The van der Waals surface area contributed by atoms with Crippen molar-refractivity contribution in [2.75, 3.05) is 39.0 Å². The third-order valence-corrected chi connectivity index (χ3v) is 7.89. The molecule has 0 unspecified atom stereocenters. The number of nitrogen functional groups attached to an aromatic ring is 1. The molecule has 0 atom stereocenters. The number of likely N-dealkylation sites (N-methyl/N-ethyl adjacent to an activating group) is 1. The number of sulfonamides is 1. The van der Waals surface area contributed by atoms with Gasteiger partial charge in [-0.15, -0.1) is 0 Å². The van der Waals surface area contributed by atoms with Crippen molar-refractivity contribution in [1.29, 1.82) is 0 Å². The summed E-state index contributed by atoms with van der Waals surface area (Å²) in [5.74, 6) is 1.47. The monoisotopic (exact) mass is 403 g/mol. The van der Waals surface area contributed by atoms with E-state index in [1.165, 1.54) is 19.3 Å². The van der Waals surface area contributed by atoms with E-state index < -0.39 is 10.0 Å². The van der Waals surface area contributed by atoms with E-state index in [1.54, 1.807) is 22.6 Å². The summed E-state index contributed by atoms with van der Waals surface area (Å²) in [4.78, 5) is 6.98. The van der Waals surface area contributed by atoms with Gasteiger partial charge in [-0.3, -0.25) is 0 Å². The molecule has 0 amide bonds. The zero-order chi connectivity index (χ0) is 19.7. The van der Waals surface area contributed by atoms with E-state index in [0.717, 1.165) is 37.4 Å². The van der Waals surface area contributed by atoms with Crippen LogP contribution in [0.4, 0.5) is 5.69 Å². The van der Waals surface area contributed by atoms with E-state index in [4.69, 9.17) is 5.73 Å². The Morgan fingerprint density at radius 3 is 2.46 bits per heavy atom. The Balaban J connectivity index is 1.61. The molecule has 2 fully saturated rings. The summed E-state index contributed by atoms with van der Waals surface area (Å²) in [6.07, 6.45) is 9.77. The van der Waals surface area contributed by atoms with Crippen molar-refractivity contribution >= 4 is 15.7 Å². The average Bonchev–Trinajstić information content (AvgIpc) is 3.18. The Kier molecular flexibility index (Phi) is 5.44. The van der Waals surface area contributed by atoms with Gasteiger partial charge in [-0.25, -0.2) is 13.4 Å². The van der Waals surface area contributed by atoms with Crippen LogP contribution in [0.2, 0.25) is 0 Å². The van der Waals surface area contributed by atoms with Crippen LogP contribution in [0.5, 0.6) is 0 Å². The van der Waals surface area contributed by atoms with Gasteiger partial charge >= 0.3 is 0 Å². The van der Waals surface area contributed by atoms with Crippen molar-refractivity contribution in [3.63, 3.8) is 0 Å². The standard InChI is InChI=1S/C20H29N5O2S/c1-23-11-13-24(14-12-23)28(26,27)17-7-8-19(18(21)15-17)25-10-9-22-20(25)16-5-3-2-4-6-16/h7-10,15-16H,2-6,11-14,21H2,1H3. The maximum atomic E-state index is 13.0. The molecule has 2 heterocycles. The lowest BCUT2D eigenvalue weighted by Crippen LogP contribution is -2.47. The SMILES string of the molecule is CN1CCN(S(=O)(=O)c2ccc(-n3ccnc3C3CCCCC3)c(N)c2)CC1. The van der Waals surface area contributed by atoms with Crippen molar-refractivity contribution < 1.29 is 8.42 Å². The van der Waals surface area contributed by atoms with Crippen molar-refractivity contribution in [2.45, 2.75) is 42.9 Å². The second-order valence-corrected chi connectivity index (χ2v) is 9.86. The highest BCUT2D eigenvalue weighted by Gasteiger charge is 2.28. The Labute approximate surface area is 167 Å². The van der Waals surface area contributed by atoms with Crippen LogP contribution >= 0.6 is 0 Å². The van der Waals surface area contributed by atoms with E-state index in [0.29, 0.717) is 24.7 Å². The number of piperazine rings is 1. The molecule has 1 saturated carbocycles. The largest absolute Gasteiger partial charge is 0.397 e. The number of hydrogen-bond donors (Lipinski definition) is 1. The number of nitrogens with two attached hydrogens (primary N) is 1. The van der Waals surface area contributed by atoms with Crippen molar-refractivity contribution in [3.8, 4) is 5.69 Å². The smallest absolute Gasteiger partial charge is 0.243 e. The van der Waals surface area contributed by atoms with Crippen molar-refractivity contribution in [2.24, 2.45) is 0 Å². The van der Waals surface area contributed by atoms with Crippen molar-refractivity contribution in [3.05, 3.63) is 36.4 Å². The van der Waals surface area contributed by atoms with Crippen LogP contribution in [0, 0.1) is 0 Å². The van der Waals surface area contributed by atoms with Crippen LogP contribution in [0.3, 0.4) is 0 Å². The first-order valence-corrected chi connectivity index (χ1v) is 11.5. The van der Waals surface area contributed by atoms with Gasteiger partial charge in [-0.1, -0.05) is 19.3 Å². The minimum Gasteiger partial charge on any atom is -0.397 e. The molecule has 28 heavy (non-hydrogen) atoms. The van der Waals surface area contributed by atoms with Gasteiger partial charge in [0.25, 0.3) is 0 Å². The Morgan fingerprint density at radius 2 is 1.79 bits per heavy atom. The maximum Gasteiger partial charge on any atom is 0.243 e. The lowest BCUT2D eigenvalue weighted by atomic mass is 9.88. The minimum absolute atomic E-state index is 0.262. The van der Waals surface area contributed by atoms with E-state index in [1.807, 2.05) is 23.9 Å². The fraction of sp³-hybridized carbons (Fsp3) is 0.550. The topological polar surface area (TPSA) is 84.5 Å². The molecule has 2 aliphatic rings. The molecule has 1 aromatic heterocycles. The average molecular weight is 404 g/mol. The first-order valence-electron chi connectivity index (χ1n) is 10.1. The normalized spacial score (nSPS) is 20.5. The zero-order valence-corrected chi connectivity index (χ0v) is 17.2. The van der Waals surface area contributed by atoms with Crippen LogP contribution < -0.4 is 5.73 Å². The summed E-state index contributed by atoms with van der Waals surface area (Å²) >= 11 is 0. The van der Waals surface area contributed by atoms with Gasteiger partial charge < -0.3 is 15.2 Å². The Morgan fingerprint density at radius 1 is 1.07 bits per heavy atom. The van der Waals surface area contributed by atoms with Crippen LogP contribution in [0.15, 0.2) is 35.5 Å². The summed E-state index contributed by atoms with van der Waals surface area (Å²) in [6.45, 7) is 2.50. The molecule has 0 radical (unpaired) electrons. The summed E-state index contributed by atoms with van der Waals surface area (Å²) in [6, 6.07) is 5.07. The van der Waals surface area contributed by atoms with Crippen LogP contribution in [0.1, 0.15) is 43.8 Å². The predicted octanol–water partition coefficient (Wildman–Crippen LogP) is 2.44. The second kappa shape index (κ2) is 7.85. The first-order chi connectivity index (χ1) is 13.5. The minimum atomic E-state index is -3.52. The summed E-state index contributed by atoms with van der Waals surface area (Å²) < 4.78 is 29.6. The maximum absolute atomic E-state index is 13.0. The number of anilines is 1. The lowest BCUT2D eigenvalue weighted by Gasteiger charge is -2.31. The van der Waals surface area contributed by atoms with Crippen LogP contribution in [-0.4, -0.2) is 60.4 Å². The van der Waals surface area contributed by atoms with E-state index in [-0.39, 0.29) is 4.90 Å². The highest BCUT2D eigenvalue weighted by atomic mass is 32.2. The van der Waals surface area contributed by atoms with Gasteiger partial charge in [0.05, 0.1) is 16.3 Å². The lowest BCUT2D eigenvalue weighted by molar-refractivity contribution is 0.222. The molecule has 0 spiro atoms. The number of aromatic nitrogens is 2. The zero-order valence-electron chi connectivity index (χ0n) is 16.4. The number of rotatable bonds is 4. The fourth-order valence-corrected chi connectivity index (χ4v) is 5.73. The predicted molar refractivity (Wildman–Crippen MR) is 110 cm³/mol. The van der Waals surface area contributed by atoms with Gasteiger partial charge in [-0.05, 0) is 38.1 Å². The van der Waals surface area contributed by atoms with Gasteiger partial charge in [0.1, 0.15) is 5.82 Å². The van der Waals surface area contributed by atoms with Gasteiger partial charge in [0.2, 0.25) is 10.0 Å². The molecule has 0 bridgehead atoms. The van der Waals surface area contributed by atoms with Crippen LogP contribution in [0.25, 0.3) is 5.69 Å². The van der Waals surface area contributed by atoms with Gasteiger partial charge in [-0.2, -0.15) is 4.31 Å². The Bertz CT molecular complexity index is 926. The van der Waals surface area contributed by atoms with E-state index >= 15 is 0 Å². The van der Waals surface area contributed by atoms with Gasteiger partial charge in [0, 0.05) is 44.5 Å². The van der Waals surface area contributed by atoms with Crippen molar-refractivity contribution in [1.82, 2.24) is 18.8 Å². The summed E-state index contributed by atoms with van der Waals surface area (Å²) in [5, 5.41) is 0. The number of imidazole rings is 1.